The first-order valence-corrected chi connectivity index (χ1v) is 7.25. The lowest BCUT2D eigenvalue weighted by atomic mass is 10.0. The normalized spacial score (nSPS) is 27.3. The Labute approximate surface area is 122 Å². The minimum Gasteiger partial charge on any atom is -0.367 e. The fourth-order valence-electron chi connectivity index (χ4n) is 2.81. The van der Waals surface area contributed by atoms with Crippen molar-refractivity contribution in [1.82, 2.24) is 4.90 Å². The number of benzene rings is 1. The third-order valence-corrected chi connectivity index (χ3v) is 4.62. The fourth-order valence-corrected chi connectivity index (χ4v) is 3.11. The van der Waals surface area contributed by atoms with Crippen LogP contribution in [0.15, 0.2) is 18.2 Å². The van der Waals surface area contributed by atoms with E-state index in [1.165, 1.54) is 12.8 Å². The molecule has 3 nitrogen and oxygen atoms in total. The zero-order valence-electron chi connectivity index (χ0n) is 10.4. The lowest BCUT2D eigenvalue weighted by Gasteiger charge is -2.34. The van der Waals surface area contributed by atoms with Crippen LogP contribution in [0.25, 0.3) is 0 Å². The quantitative estimate of drug-likeness (QED) is 0.786. The van der Waals surface area contributed by atoms with Gasteiger partial charge in [0.05, 0.1) is 16.7 Å². The van der Waals surface area contributed by atoms with Crippen LogP contribution < -0.4 is 0 Å². The molecule has 1 aromatic carbocycles. The summed E-state index contributed by atoms with van der Waals surface area (Å²) < 4.78 is 5.71. The van der Waals surface area contributed by atoms with Gasteiger partial charge in [0, 0.05) is 18.2 Å². The molecule has 2 heterocycles. The van der Waals surface area contributed by atoms with E-state index in [-0.39, 0.29) is 11.9 Å². The van der Waals surface area contributed by atoms with E-state index in [9.17, 15) is 4.79 Å². The van der Waals surface area contributed by atoms with Crippen molar-refractivity contribution in [3.63, 3.8) is 0 Å². The van der Waals surface area contributed by atoms with Crippen LogP contribution >= 0.6 is 23.2 Å². The number of carbonyl (C=O) groups excluding carboxylic acids is 1. The largest absolute Gasteiger partial charge is 0.367 e. The summed E-state index contributed by atoms with van der Waals surface area (Å²) in [7, 11) is 0. The van der Waals surface area contributed by atoms with Gasteiger partial charge in [-0.05, 0) is 37.6 Å². The molecule has 0 radical (unpaired) electrons. The molecule has 2 fully saturated rings. The Hall–Kier alpha value is -0.610. The summed E-state index contributed by atoms with van der Waals surface area (Å²) in [6.07, 6.45) is 1.99. The first-order valence-electron chi connectivity index (χ1n) is 6.50. The van der Waals surface area contributed by atoms with Crippen molar-refractivity contribution in [2.75, 3.05) is 19.7 Å². The van der Waals surface area contributed by atoms with Gasteiger partial charge in [0.2, 0.25) is 0 Å². The second-order valence-electron chi connectivity index (χ2n) is 5.11. The van der Waals surface area contributed by atoms with Crippen LogP contribution in [0, 0.1) is 0 Å². The van der Waals surface area contributed by atoms with Gasteiger partial charge in [-0.3, -0.25) is 9.69 Å². The second-order valence-corrected chi connectivity index (χ2v) is 5.92. The van der Waals surface area contributed by atoms with Gasteiger partial charge in [0.1, 0.15) is 6.10 Å². The van der Waals surface area contributed by atoms with Gasteiger partial charge in [-0.25, -0.2) is 0 Å². The Kier molecular flexibility index (Phi) is 3.81. The monoisotopic (exact) mass is 299 g/mol. The van der Waals surface area contributed by atoms with E-state index >= 15 is 0 Å². The van der Waals surface area contributed by atoms with E-state index in [0.717, 1.165) is 6.54 Å². The van der Waals surface area contributed by atoms with E-state index in [1.54, 1.807) is 18.2 Å². The number of hydrogen-bond acceptors (Lipinski definition) is 3. The van der Waals surface area contributed by atoms with Crippen LogP contribution in [0.4, 0.5) is 0 Å². The van der Waals surface area contributed by atoms with Crippen molar-refractivity contribution in [1.29, 1.82) is 0 Å². The van der Waals surface area contributed by atoms with Crippen LogP contribution in [0.5, 0.6) is 0 Å². The molecule has 0 bridgehead atoms. The molecule has 19 heavy (non-hydrogen) atoms. The average molecular weight is 300 g/mol. The standard InChI is InChI=1S/C14H15Cl2NO2/c15-11-4-3-9(6-12(11)16)14(18)13-7-17-5-1-2-10(17)8-19-13/h3-4,6,10,13H,1-2,5,7-8H2. The minimum absolute atomic E-state index is 0.0103. The zero-order valence-corrected chi connectivity index (χ0v) is 12.0. The summed E-state index contributed by atoms with van der Waals surface area (Å²) >= 11 is 11.8. The van der Waals surface area contributed by atoms with Gasteiger partial charge < -0.3 is 4.74 Å². The number of morpholine rings is 1. The van der Waals surface area contributed by atoms with E-state index in [1.807, 2.05) is 0 Å². The van der Waals surface area contributed by atoms with Gasteiger partial charge in [0.25, 0.3) is 0 Å². The van der Waals surface area contributed by atoms with Crippen LogP contribution in [0.1, 0.15) is 23.2 Å². The molecule has 0 N–H and O–H groups in total. The first kappa shape index (κ1) is 13.4. The molecule has 2 unspecified atom stereocenters. The Morgan fingerprint density at radius 1 is 1.32 bits per heavy atom. The summed E-state index contributed by atoms with van der Waals surface area (Å²) in [5.41, 5.74) is 0.567. The van der Waals surface area contributed by atoms with Crippen molar-refractivity contribution >= 4 is 29.0 Å². The van der Waals surface area contributed by atoms with Gasteiger partial charge in [-0.15, -0.1) is 0 Å². The van der Waals surface area contributed by atoms with Crippen molar-refractivity contribution in [2.45, 2.75) is 25.0 Å². The van der Waals surface area contributed by atoms with Crippen LogP contribution in [0.3, 0.4) is 0 Å². The number of hydrogen-bond donors (Lipinski definition) is 0. The molecule has 5 heteroatoms. The highest BCUT2D eigenvalue weighted by Crippen LogP contribution is 2.26. The molecule has 2 saturated heterocycles. The number of ether oxygens (including phenoxy) is 1. The SMILES string of the molecule is O=C(c1ccc(Cl)c(Cl)c1)C1CN2CCCC2CO1. The Morgan fingerprint density at radius 2 is 2.16 bits per heavy atom. The maximum absolute atomic E-state index is 12.4. The molecule has 0 aromatic heterocycles. The fraction of sp³-hybridized carbons (Fsp3) is 0.500. The van der Waals surface area contributed by atoms with Crippen LogP contribution in [0.2, 0.25) is 10.0 Å². The summed E-state index contributed by atoms with van der Waals surface area (Å²) in [6, 6.07) is 5.47. The molecule has 0 saturated carbocycles. The molecule has 2 atom stereocenters. The lowest BCUT2D eigenvalue weighted by molar-refractivity contribution is -0.0344. The highest BCUT2D eigenvalue weighted by Gasteiger charge is 2.35. The number of rotatable bonds is 2. The third-order valence-electron chi connectivity index (χ3n) is 3.89. The summed E-state index contributed by atoms with van der Waals surface area (Å²) in [4.78, 5) is 14.7. The minimum atomic E-state index is -0.383. The van der Waals surface area contributed by atoms with Crippen molar-refractivity contribution in [3.05, 3.63) is 33.8 Å². The van der Waals surface area contributed by atoms with Crippen LogP contribution in [-0.2, 0) is 4.74 Å². The Bertz CT molecular complexity index is 506. The maximum atomic E-state index is 12.4. The molecule has 102 valence electrons. The van der Waals surface area contributed by atoms with E-state index < -0.39 is 0 Å². The number of nitrogens with zero attached hydrogens (tertiary/aromatic N) is 1. The van der Waals surface area contributed by atoms with Gasteiger partial charge in [-0.1, -0.05) is 23.2 Å². The first-order chi connectivity index (χ1) is 9.15. The molecule has 1 aromatic rings. The topological polar surface area (TPSA) is 29.5 Å². The third kappa shape index (κ3) is 2.65. The zero-order chi connectivity index (χ0) is 13.4. The van der Waals surface area contributed by atoms with Gasteiger partial charge >= 0.3 is 0 Å². The summed E-state index contributed by atoms with van der Waals surface area (Å²) in [5.74, 6) is -0.0103. The Morgan fingerprint density at radius 3 is 2.95 bits per heavy atom. The number of fused-ring (bicyclic) bond motifs is 1. The molecule has 0 spiro atoms. The molecule has 0 amide bonds. The molecule has 3 rings (SSSR count). The molecule has 2 aliphatic heterocycles. The number of ketones is 1. The molecular weight excluding hydrogens is 285 g/mol. The van der Waals surface area contributed by atoms with Crippen molar-refractivity contribution < 1.29 is 9.53 Å². The highest BCUT2D eigenvalue weighted by atomic mass is 35.5. The number of halogens is 2. The van der Waals surface area contributed by atoms with Gasteiger partial charge in [-0.2, -0.15) is 0 Å². The van der Waals surface area contributed by atoms with Crippen LogP contribution in [-0.4, -0.2) is 42.5 Å². The lowest BCUT2D eigenvalue weighted by Crippen LogP contribution is -2.49. The van der Waals surface area contributed by atoms with Crippen molar-refractivity contribution in [3.8, 4) is 0 Å². The summed E-state index contributed by atoms with van der Waals surface area (Å²) in [6.45, 7) is 2.40. The average Bonchev–Trinajstić information content (AvgIpc) is 2.88. The van der Waals surface area contributed by atoms with Crippen molar-refractivity contribution in [2.24, 2.45) is 0 Å². The summed E-state index contributed by atoms with van der Waals surface area (Å²) in [5, 5.41) is 0.866. The molecular formula is C14H15Cl2NO2. The van der Waals surface area contributed by atoms with E-state index in [4.69, 9.17) is 27.9 Å². The predicted molar refractivity (Wildman–Crippen MR) is 75.1 cm³/mol. The van der Waals surface area contributed by atoms with Gasteiger partial charge in [0.15, 0.2) is 5.78 Å². The highest BCUT2D eigenvalue weighted by molar-refractivity contribution is 6.42. The number of Topliss-reactive ketones (excluding diaryl/α,β-unsaturated/α-hetero) is 1. The Balaban J connectivity index is 1.74. The van der Waals surface area contributed by atoms with E-state index in [2.05, 4.69) is 4.90 Å². The molecule has 0 aliphatic carbocycles. The second kappa shape index (κ2) is 5.41. The maximum Gasteiger partial charge on any atom is 0.192 e. The van der Waals surface area contributed by atoms with E-state index in [0.29, 0.717) is 34.8 Å². The molecule has 2 aliphatic rings. The number of carbonyl (C=O) groups is 1. The smallest absolute Gasteiger partial charge is 0.192 e. The predicted octanol–water partition coefficient (Wildman–Crippen LogP) is 3.04.